The predicted molar refractivity (Wildman–Crippen MR) is 74.3 cm³/mol. The summed E-state index contributed by atoms with van der Waals surface area (Å²) < 4.78 is 12.2. The molecule has 1 unspecified atom stereocenters. The lowest BCUT2D eigenvalue weighted by Gasteiger charge is -2.13. The van der Waals surface area contributed by atoms with Crippen LogP contribution in [0.4, 0.5) is 5.69 Å². The van der Waals surface area contributed by atoms with Gasteiger partial charge in [0, 0.05) is 30.7 Å². The van der Waals surface area contributed by atoms with E-state index in [2.05, 4.69) is 10.4 Å². The van der Waals surface area contributed by atoms with E-state index in [0.29, 0.717) is 29.6 Å². The zero-order valence-corrected chi connectivity index (χ0v) is 11.4. The Balaban J connectivity index is 1.59. The van der Waals surface area contributed by atoms with Gasteiger partial charge < -0.3 is 19.9 Å². The fourth-order valence-electron chi connectivity index (χ4n) is 1.99. The quantitative estimate of drug-likeness (QED) is 0.879. The van der Waals surface area contributed by atoms with E-state index in [-0.39, 0.29) is 6.79 Å². The molecule has 0 fully saturated rings. The van der Waals surface area contributed by atoms with Gasteiger partial charge in [-0.25, -0.2) is 0 Å². The maximum Gasteiger partial charge on any atom is 0.231 e. The number of nitrogens with zero attached hydrogens (tertiary/aromatic N) is 2. The van der Waals surface area contributed by atoms with Crippen molar-refractivity contribution in [3.05, 3.63) is 35.6 Å². The molecule has 2 heterocycles. The van der Waals surface area contributed by atoms with Gasteiger partial charge in [0.05, 0.1) is 17.7 Å². The van der Waals surface area contributed by atoms with Crippen molar-refractivity contribution in [1.82, 2.24) is 9.78 Å². The molecule has 1 atom stereocenters. The highest BCUT2D eigenvalue weighted by Crippen LogP contribution is 2.41. The fourth-order valence-corrected chi connectivity index (χ4v) is 2.26. The Labute approximate surface area is 120 Å². The average Bonchev–Trinajstić information content (AvgIpc) is 3.07. The minimum Gasteiger partial charge on any atom is -0.453 e. The summed E-state index contributed by atoms with van der Waals surface area (Å²) >= 11 is 6.08. The highest BCUT2D eigenvalue weighted by molar-refractivity contribution is 6.32. The summed E-state index contributed by atoms with van der Waals surface area (Å²) in [5.74, 6) is 1.18. The van der Waals surface area contributed by atoms with E-state index in [4.69, 9.17) is 21.1 Å². The Hall–Kier alpha value is -1.92. The summed E-state index contributed by atoms with van der Waals surface area (Å²) in [4.78, 5) is 0. The zero-order chi connectivity index (χ0) is 13.9. The molecule has 0 bridgehead atoms. The standard InChI is InChI=1S/C13H14ClN3O3/c14-11-4-9(5-12-13(11)20-8-19-12)15-6-10(18)7-17-3-1-2-16-17/h1-5,10,15,18H,6-8H2. The van der Waals surface area contributed by atoms with Crippen LogP contribution in [-0.4, -0.2) is 34.3 Å². The number of aliphatic hydroxyl groups is 1. The number of aliphatic hydroxyl groups excluding tert-OH is 1. The van der Waals surface area contributed by atoms with Gasteiger partial charge >= 0.3 is 0 Å². The Morgan fingerprint density at radius 3 is 3.15 bits per heavy atom. The lowest BCUT2D eigenvalue weighted by molar-refractivity contribution is 0.161. The van der Waals surface area contributed by atoms with Crippen LogP contribution < -0.4 is 14.8 Å². The molecule has 0 spiro atoms. The number of ether oxygens (including phenoxy) is 2. The number of nitrogens with one attached hydrogen (secondary N) is 1. The van der Waals surface area contributed by atoms with Crippen LogP contribution in [0.5, 0.6) is 11.5 Å². The van der Waals surface area contributed by atoms with Crippen LogP contribution in [0.2, 0.25) is 5.02 Å². The Bertz CT molecular complexity index is 589. The minimum absolute atomic E-state index is 0.181. The number of fused-ring (bicyclic) bond motifs is 1. The number of rotatable bonds is 5. The summed E-state index contributed by atoms with van der Waals surface area (Å²) in [6.45, 7) is 0.995. The van der Waals surface area contributed by atoms with Gasteiger partial charge in [0.15, 0.2) is 11.5 Å². The molecule has 7 heteroatoms. The van der Waals surface area contributed by atoms with E-state index in [0.717, 1.165) is 5.69 Å². The molecule has 3 rings (SSSR count). The minimum atomic E-state index is -0.556. The van der Waals surface area contributed by atoms with Crippen LogP contribution in [0.25, 0.3) is 0 Å². The van der Waals surface area contributed by atoms with Crippen molar-refractivity contribution in [3.63, 3.8) is 0 Å². The van der Waals surface area contributed by atoms with Gasteiger partial charge in [-0.15, -0.1) is 0 Å². The van der Waals surface area contributed by atoms with Gasteiger partial charge in [0.1, 0.15) is 0 Å². The predicted octanol–water partition coefficient (Wildman–Crippen LogP) is 1.74. The largest absolute Gasteiger partial charge is 0.453 e. The topological polar surface area (TPSA) is 68.5 Å². The molecule has 0 saturated heterocycles. The fraction of sp³-hybridized carbons (Fsp3) is 0.308. The molecule has 0 aliphatic carbocycles. The third-order valence-electron chi connectivity index (χ3n) is 2.93. The van der Waals surface area contributed by atoms with Crippen molar-refractivity contribution in [3.8, 4) is 11.5 Å². The van der Waals surface area contributed by atoms with Gasteiger partial charge in [-0.05, 0) is 12.1 Å². The lowest BCUT2D eigenvalue weighted by atomic mass is 10.2. The molecule has 1 aromatic heterocycles. The first-order valence-electron chi connectivity index (χ1n) is 6.21. The molecule has 2 N–H and O–H groups in total. The Kier molecular flexibility index (Phi) is 3.66. The van der Waals surface area contributed by atoms with E-state index >= 15 is 0 Å². The van der Waals surface area contributed by atoms with Crippen molar-refractivity contribution >= 4 is 17.3 Å². The molecule has 20 heavy (non-hydrogen) atoms. The van der Waals surface area contributed by atoms with Crippen LogP contribution in [0.1, 0.15) is 0 Å². The van der Waals surface area contributed by atoms with Crippen LogP contribution in [-0.2, 0) is 6.54 Å². The van der Waals surface area contributed by atoms with Gasteiger partial charge in [0.25, 0.3) is 0 Å². The maximum absolute atomic E-state index is 9.93. The van der Waals surface area contributed by atoms with Gasteiger partial charge in [-0.1, -0.05) is 11.6 Å². The Morgan fingerprint density at radius 1 is 1.45 bits per heavy atom. The highest BCUT2D eigenvalue weighted by atomic mass is 35.5. The van der Waals surface area contributed by atoms with E-state index < -0.39 is 6.10 Å². The molecule has 1 aliphatic heterocycles. The second-order valence-corrected chi connectivity index (χ2v) is 4.86. The molecule has 0 amide bonds. The first-order valence-corrected chi connectivity index (χ1v) is 6.58. The number of aromatic nitrogens is 2. The molecular formula is C13H14ClN3O3. The third-order valence-corrected chi connectivity index (χ3v) is 3.21. The third kappa shape index (κ3) is 2.81. The van der Waals surface area contributed by atoms with E-state index in [1.165, 1.54) is 0 Å². The van der Waals surface area contributed by atoms with Gasteiger partial charge in [-0.2, -0.15) is 5.10 Å². The molecule has 106 valence electrons. The smallest absolute Gasteiger partial charge is 0.231 e. The molecule has 6 nitrogen and oxygen atoms in total. The molecular weight excluding hydrogens is 282 g/mol. The monoisotopic (exact) mass is 295 g/mol. The second-order valence-electron chi connectivity index (χ2n) is 4.45. The molecule has 0 radical (unpaired) electrons. The first kappa shape index (κ1) is 13.1. The number of hydrogen-bond donors (Lipinski definition) is 2. The van der Waals surface area contributed by atoms with E-state index in [1.807, 2.05) is 6.07 Å². The number of hydrogen-bond acceptors (Lipinski definition) is 5. The maximum atomic E-state index is 9.93. The van der Waals surface area contributed by atoms with Crippen LogP contribution in [0, 0.1) is 0 Å². The van der Waals surface area contributed by atoms with Crippen molar-refractivity contribution < 1.29 is 14.6 Å². The lowest BCUT2D eigenvalue weighted by Crippen LogP contribution is -2.25. The van der Waals surface area contributed by atoms with Crippen molar-refractivity contribution in [2.45, 2.75) is 12.6 Å². The summed E-state index contributed by atoms with van der Waals surface area (Å²) in [6, 6.07) is 5.36. The number of halogens is 1. The van der Waals surface area contributed by atoms with E-state index in [9.17, 15) is 5.11 Å². The van der Waals surface area contributed by atoms with Crippen LogP contribution in [0.3, 0.4) is 0 Å². The van der Waals surface area contributed by atoms with Gasteiger partial charge in [0.2, 0.25) is 6.79 Å². The van der Waals surface area contributed by atoms with Crippen molar-refractivity contribution in [2.75, 3.05) is 18.7 Å². The summed E-state index contributed by atoms with van der Waals surface area (Å²) in [6.07, 6.45) is 2.93. The van der Waals surface area contributed by atoms with Crippen LogP contribution >= 0.6 is 11.6 Å². The SMILES string of the molecule is OC(CNc1cc(Cl)c2c(c1)OCO2)Cn1cccn1. The molecule has 2 aromatic rings. The van der Waals surface area contributed by atoms with Crippen molar-refractivity contribution in [1.29, 1.82) is 0 Å². The van der Waals surface area contributed by atoms with Crippen molar-refractivity contribution in [2.24, 2.45) is 0 Å². The first-order chi connectivity index (χ1) is 9.72. The number of anilines is 1. The molecule has 1 aliphatic rings. The molecule has 1 aromatic carbocycles. The average molecular weight is 296 g/mol. The number of benzene rings is 1. The zero-order valence-electron chi connectivity index (χ0n) is 10.6. The summed E-state index contributed by atoms with van der Waals surface area (Å²) in [7, 11) is 0. The Morgan fingerprint density at radius 2 is 2.35 bits per heavy atom. The summed E-state index contributed by atoms with van der Waals surface area (Å²) in [5, 5.41) is 17.6. The van der Waals surface area contributed by atoms with E-state index in [1.54, 1.807) is 29.2 Å². The summed E-state index contributed by atoms with van der Waals surface area (Å²) in [5.41, 5.74) is 0.777. The van der Waals surface area contributed by atoms with Crippen LogP contribution in [0.15, 0.2) is 30.6 Å². The second kappa shape index (κ2) is 5.60. The van der Waals surface area contributed by atoms with Gasteiger partial charge in [-0.3, -0.25) is 4.68 Å². The normalized spacial score (nSPS) is 14.3. The highest BCUT2D eigenvalue weighted by Gasteiger charge is 2.18. The molecule has 0 saturated carbocycles.